The smallest absolute Gasteiger partial charge is 0.330 e. The Hall–Kier alpha value is -5.37. The predicted molar refractivity (Wildman–Crippen MR) is 163 cm³/mol. The third-order valence-corrected chi connectivity index (χ3v) is 8.88. The number of hydrogen-bond donors (Lipinski definition) is 0. The van der Waals surface area contributed by atoms with Crippen LogP contribution >= 0.6 is 0 Å². The van der Waals surface area contributed by atoms with Gasteiger partial charge in [0, 0.05) is 11.8 Å². The van der Waals surface area contributed by atoms with E-state index in [0.29, 0.717) is 30.4 Å². The molecule has 0 saturated carbocycles. The van der Waals surface area contributed by atoms with Crippen LogP contribution in [0.4, 0.5) is 11.4 Å². The second-order valence-electron chi connectivity index (χ2n) is 11.3. The van der Waals surface area contributed by atoms with E-state index in [-0.39, 0.29) is 5.91 Å². The maximum absolute atomic E-state index is 14.5. The fourth-order valence-electron chi connectivity index (χ4n) is 6.98. The molecule has 218 valence electrons. The van der Waals surface area contributed by atoms with Gasteiger partial charge in [0.15, 0.2) is 17.6 Å². The van der Waals surface area contributed by atoms with E-state index in [1.807, 2.05) is 102 Å². The molecule has 8 rings (SSSR count). The SMILES string of the molecule is O=C(OC(c1ccccc1)c1ccccc1)[C@H]1[C@@H]2C(=O)N(c3ccc4c(c3)OCCO4)C(=O)[C@@H]2[C@H]2C=Cc3ccccc3N21. The number of benzene rings is 4. The van der Waals surface area contributed by atoms with E-state index in [9.17, 15) is 14.4 Å². The molecule has 4 aromatic rings. The molecule has 2 amide bonds. The molecule has 8 nitrogen and oxygen atoms in total. The zero-order valence-electron chi connectivity index (χ0n) is 23.6. The van der Waals surface area contributed by atoms with Crippen LogP contribution in [0.2, 0.25) is 0 Å². The van der Waals surface area contributed by atoms with Crippen LogP contribution in [0.1, 0.15) is 22.8 Å². The van der Waals surface area contributed by atoms with Gasteiger partial charge in [-0.2, -0.15) is 0 Å². The average molecular weight is 585 g/mol. The van der Waals surface area contributed by atoms with Crippen LogP contribution in [0, 0.1) is 11.8 Å². The number of carbonyl (C=O) groups is 3. The summed E-state index contributed by atoms with van der Waals surface area (Å²) in [4.78, 5) is 46.1. The molecular formula is C36H28N2O6. The number of para-hydroxylation sites is 1. The van der Waals surface area contributed by atoms with Gasteiger partial charge in [0.1, 0.15) is 19.3 Å². The van der Waals surface area contributed by atoms with Gasteiger partial charge in [-0.1, -0.05) is 91.0 Å². The molecule has 2 fully saturated rings. The van der Waals surface area contributed by atoms with Crippen molar-refractivity contribution in [1.82, 2.24) is 0 Å². The lowest BCUT2D eigenvalue weighted by Gasteiger charge is -2.36. The Morgan fingerprint density at radius 2 is 1.39 bits per heavy atom. The van der Waals surface area contributed by atoms with Crippen LogP contribution in [0.5, 0.6) is 11.5 Å². The van der Waals surface area contributed by atoms with Gasteiger partial charge >= 0.3 is 5.97 Å². The first kappa shape index (κ1) is 26.3. The van der Waals surface area contributed by atoms with Crippen molar-refractivity contribution in [1.29, 1.82) is 0 Å². The van der Waals surface area contributed by atoms with Crippen LogP contribution in [0.25, 0.3) is 6.08 Å². The van der Waals surface area contributed by atoms with Crippen molar-refractivity contribution in [3.05, 3.63) is 126 Å². The summed E-state index contributed by atoms with van der Waals surface area (Å²) in [6.07, 6.45) is 3.19. The van der Waals surface area contributed by atoms with Crippen molar-refractivity contribution in [3.63, 3.8) is 0 Å². The maximum Gasteiger partial charge on any atom is 0.330 e. The number of esters is 1. The second-order valence-corrected chi connectivity index (χ2v) is 11.3. The lowest BCUT2D eigenvalue weighted by Crippen LogP contribution is -2.49. The van der Waals surface area contributed by atoms with Crippen LogP contribution in [-0.4, -0.2) is 43.1 Å². The summed E-state index contributed by atoms with van der Waals surface area (Å²) in [5.74, 6) is -2.03. The third-order valence-electron chi connectivity index (χ3n) is 8.88. The van der Waals surface area contributed by atoms with Crippen LogP contribution < -0.4 is 19.3 Å². The highest BCUT2D eigenvalue weighted by Gasteiger charge is 2.65. The van der Waals surface area contributed by atoms with Crippen molar-refractivity contribution in [2.45, 2.75) is 18.2 Å². The molecule has 0 aliphatic carbocycles. The summed E-state index contributed by atoms with van der Waals surface area (Å²) >= 11 is 0. The number of imide groups is 1. The molecule has 44 heavy (non-hydrogen) atoms. The summed E-state index contributed by atoms with van der Waals surface area (Å²) in [7, 11) is 0. The fraction of sp³-hybridized carbons (Fsp3) is 0.194. The molecule has 4 aliphatic heterocycles. The van der Waals surface area contributed by atoms with E-state index in [1.165, 1.54) is 4.90 Å². The number of anilines is 2. The van der Waals surface area contributed by atoms with E-state index in [0.717, 1.165) is 22.4 Å². The maximum atomic E-state index is 14.5. The summed E-state index contributed by atoms with van der Waals surface area (Å²) in [5, 5.41) is 0. The second kappa shape index (κ2) is 10.4. The van der Waals surface area contributed by atoms with Gasteiger partial charge < -0.3 is 19.1 Å². The zero-order valence-corrected chi connectivity index (χ0v) is 23.6. The first-order valence-electron chi connectivity index (χ1n) is 14.7. The van der Waals surface area contributed by atoms with Crippen molar-refractivity contribution < 1.29 is 28.6 Å². The molecule has 4 atom stereocenters. The number of carbonyl (C=O) groups excluding carboxylic acids is 3. The zero-order chi connectivity index (χ0) is 29.8. The molecule has 0 N–H and O–H groups in total. The molecule has 0 aromatic heterocycles. The van der Waals surface area contributed by atoms with E-state index < -0.39 is 41.9 Å². The van der Waals surface area contributed by atoms with Gasteiger partial charge in [0.2, 0.25) is 11.8 Å². The molecule has 0 unspecified atom stereocenters. The van der Waals surface area contributed by atoms with Crippen molar-refractivity contribution in [2.75, 3.05) is 23.0 Å². The van der Waals surface area contributed by atoms with Gasteiger partial charge in [0.05, 0.1) is 23.6 Å². The molecule has 0 bridgehead atoms. The summed E-state index contributed by atoms with van der Waals surface area (Å²) in [6, 6.07) is 30.3. The minimum absolute atomic E-state index is 0.353. The topological polar surface area (TPSA) is 85.4 Å². The number of rotatable bonds is 5. The summed E-state index contributed by atoms with van der Waals surface area (Å²) < 4.78 is 17.7. The van der Waals surface area contributed by atoms with Crippen molar-refractivity contribution in [2.24, 2.45) is 11.8 Å². The lowest BCUT2D eigenvalue weighted by molar-refractivity contribution is -0.151. The van der Waals surface area contributed by atoms with Gasteiger partial charge in [-0.25, -0.2) is 9.69 Å². The number of fused-ring (bicyclic) bond motifs is 6. The Labute approximate surface area is 254 Å². The standard InChI is InChI=1S/C36H28N2O6/c39-34-30-27-17-15-22-9-7-8-14-26(22)38(27)32(31(30)35(40)37(34)25-16-18-28-29(21-25)43-20-19-42-28)36(41)44-33(23-10-3-1-4-11-23)24-12-5-2-6-13-24/h1-18,21,27,30-33H,19-20H2/t27-,30-,31-,32-/m1/s1. The van der Waals surface area contributed by atoms with Crippen LogP contribution in [0.3, 0.4) is 0 Å². The fourth-order valence-corrected chi connectivity index (χ4v) is 6.98. The van der Waals surface area contributed by atoms with Crippen molar-refractivity contribution >= 4 is 35.2 Å². The van der Waals surface area contributed by atoms with Crippen LogP contribution in [-0.2, 0) is 19.1 Å². The highest BCUT2D eigenvalue weighted by atomic mass is 16.6. The Kier molecular flexibility index (Phi) is 6.22. The molecular weight excluding hydrogens is 556 g/mol. The monoisotopic (exact) mass is 584 g/mol. The minimum Gasteiger partial charge on any atom is -0.486 e. The van der Waals surface area contributed by atoms with Gasteiger partial charge in [0.25, 0.3) is 0 Å². The highest BCUT2D eigenvalue weighted by Crippen LogP contribution is 2.50. The summed E-state index contributed by atoms with van der Waals surface area (Å²) in [6.45, 7) is 0.808. The number of hydrogen-bond acceptors (Lipinski definition) is 7. The minimum atomic E-state index is -1.02. The molecule has 4 heterocycles. The van der Waals surface area contributed by atoms with Gasteiger partial charge in [-0.3, -0.25) is 9.59 Å². The lowest BCUT2D eigenvalue weighted by atomic mass is 9.88. The Balaban J connectivity index is 1.21. The Morgan fingerprint density at radius 3 is 2.11 bits per heavy atom. The normalized spacial score (nSPS) is 22.9. The molecule has 0 radical (unpaired) electrons. The summed E-state index contributed by atoms with van der Waals surface area (Å²) in [5.41, 5.74) is 3.71. The first-order chi connectivity index (χ1) is 21.6. The van der Waals surface area contributed by atoms with E-state index >= 15 is 0 Å². The Bertz CT molecular complexity index is 1770. The first-order valence-corrected chi connectivity index (χ1v) is 14.7. The number of ether oxygens (including phenoxy) is 3. The molecule has 4 aromatic carbocycles. The highest BCUT2D eigenvalue weighted by molar-refractivity contribution is 6.24. The van der Waals surface area contributed by atoms with Gasteiger partial charge in [-0.05, 0) is 34.9 Å². The molecule has 8 heteroatoms. The number of amides is 2. The van der Waals surface area contributed by atoms with E-state index in [2.05, 4.69) is 0 Å². The third kappa shape index (κ3) is 4.09. The number of nitrogens with zero attached hydrogens (tertiary/aromatic N) is 2. The Morgan fingerprint density at radius 1 is 0.750 bits per heavy atom. The van der Waals surface area contributed by atoms with E-state index in [4.69, 9.17) is 14.2 Å². The average Bonchev–Trinajstić information content (AvgIpc) is 3.56. The van der Waals surface area contributed by atoms with Gasteiger partial charge in [-0.15, -0.1) is 0 Å². The molecule has 4 aliphatic rings. The quantitative estimate of drug-likeness (QED) is 0.236. The molecule has 0 spiro atoms. The predicted octanol–water partition coefficient (Wildman–Crippen LogP) is 5.18. The van der Waals surface area contributed by atoms with Crippen LogP contribution in [0.15, 0.2) is 109 Å². The largest absolute Gasteiger partial charge is 0.486 e. The molecule has 2 saturated heterocycles. The van der Waals surface area contributed by atoms with E-state index in [1.54, 1.807) is 18.2 Å². The van der Waals surface area contributed by atoms with Crippen molar-refractivity contribution in [3.8, 4) is 11.5 Å².